The molecule has 1 unspecified atom stereocenters. The van der Waals surface area contributed by atoms with Crippen LogP contribution in [-0.2, 0) is 7.05 Å². The summed E-state index contributed by atoms with van der Waals surface area (Å²) in [5.41, 5.74) is 1.43. The number of aromatic nitrogens is 1. The van der Waals surface area contributed by atoms with Gasteiger partial charge in [0.15, 0.2) is 0 Å². The van der Waals surface area contributed by atoms with Gasteiger partial charge in [-0.2, -0.15) is 0 Å². The monoisotopic (exact) mass is 155 g/mol. The number of nitrogens with zero attached hydrogens (tertiary/aromatic N) is 1. The van der Waals surface area contributed by atoms with Crippen molar-refractivity contribution in [1.29, 1.82) is 0 Å². The highest BCUT2D eigenvalue weighted by molar-refractivity contribution is 5.10. The molecule has 0 spiro atoms. The van der Waals surface area contributed by atoms with Gasteiger partial charge in [-0.05, 0) is 24.5 Å². The predicted octanol–water partition coefficient (Wildman–Crippen LogP) is 1.71. The van der Waals surface area contributed by atoms with Crippen LogP contribution in [-0.4, -0.2) is 10.0 Å². The molecule has 64 valence electrons. The highest BCUT2D eigenvalue weighted by atomic mass is 16.0. The van der Waals surface area contributed by atoms with Gasteiger partial charge in [0.25, 0.3) is 0 Å². The van der Waals surface area contributed by atoms with Gasteiger partial charge in [0.1, 0.15) is 0 Å². The van der Waals surface area contributed by atoms with Crippen molar-refractivity contribution in [1.82, 2.24) is 4.57 Å². The van der Waals surface area contributed by atoms with Crippen molar-refractivity contribution in [3.63, 3.8) is 0 Å². The quantitative estimate of drug-likeness (QED) is 0.623. The number of hydrogen-bond donors (Lipinski definition) is 0. The Bertz CT molecular complexity index is 205. The van der Waals surface area contributed by atoms with Gasteiger partial charge in [-0.3, -0.25) is 0 Å². The van der Waals surface area contributed by atoms with Crippen LogP contribution in [0.3, 0.4) is 0 Å². The molecule has 0 amide bonds. The highest BCUT2D eigenvalue weighted by Gasteiger charge is 2.03. The summed E-state index contributed by atoms with van der Waals surface area (Å²) in [7, 11) is 2.10. The van der Waals surface area contributed by atoms with Crippen LogP contribution in [0.1, 0.15) is 31.9 Å². The molecule has 0 fully saturated rings. The lowest BCUT2D eigenvalue weighted by Crippen LogP contribution is -1.98. The lowest BCUT2D eigenvalue weighted by molar-refractivity contribution is 0.666. The Kier molecular flexibility index (Phi) is 3.90. The first kappa shape index (κ1) is 10.2. The topological polar surface area (TPSA) is 36.4 Å². The average molecular weight is 155 g/mol. The minimum Gasteiger partial charge on any atom is -0.412 e. The van der Waals surface area contributed by atoms with Crippen LogP contribution in [0.5, 0.6) is 0 Å². The molecular formula is C9H17NO. The molecule has 1 aromatic rings. The molecule has 0 aliphatic rings. The summed E-state index contributed by atoms with van der Waals surface area (Å²) in [4.78, 5) is 0. The van der Waals surface area contributed by atoms with Crippen LogP contribution in [0.25, 0.3) is 0 Å². The second kappa shape index (κ2) is 4.19. The third-order valence-corrected chi connectivity index (χ3v) is 2.10. The normalized spacial score (nSPS) is 12.3. The summed E-state index contributed by atoms with van der Waals surface area (Å²) >= 11 is 0. The Balaban J connectivity index is 0.000001000. The van der Waals surface area contributed by atoms with Gasteiger partial charge in [-0.25, -0.2) is 0 Å². The van der Waals surface area contributed by atoms with Gasteiger partial charge in [-0.1, -0.05) is 13.8 Å². The van der Waals surface area contributed by atoms with Crippen molar-refractivity contribution < 1.29 is 5.48 Å². The van der Waals surface area contributed by atoms with Crippen molar-refractivity contribution in [3.05, 3.63) is 24.0 Å². The fourth-order valence-electron chi connectivity index (χ4n) is 1.20. The first-order chi connectivity index (χ1) is 4.75. The second-order valence-corrected chi connectivity index (χ2v) is 2.85. The Hall–Kier alpha value is -0.760. The van der Waals surface area contributed by atoms with Crippen molar-refractivity contribution in [2.24, 2.45) is 7.05 Å². The van der Waals surface area contributed by atoms with E-state index in [-0.39, 0.29) is 5.48 Å². The molecule has 0 saturated carbocycles. The molecule has 0 aromatic carbocycles. The molecule has 2 nitrogen and oxygen atoms in total. The zero-order valence-corrected chi connectivity index (χ0v) is 7.46. The molecule has 0 saturated heterocycles. The van der Waals surface area contributed by atoms with Crippen LogP contribution in [0.2, 0.25) is 0 Å². The molecule has 2 N–H and O–H groups in total. The van der Waals surface area contributed by atoms with Gasteiger partial charge in [0, 0.05) is 18.9 Å². The zero-order chi connectivity index (χ0) is 7.56. The van der Waals surface area contributed by atoms with Gasteiger partial charge in [-0.15, -0.1) is 0 Å². The summed E-state index contributed by atoms with van der Waals surface area (Å²) in [5.74, 6) is 0.694. The third-order valence-electron chi connectivity index (χ3n) is 2.10. The fourth-order valence-corrected chi connectivity index (χ4v) is 1.20. The number of aryl methyl sites for hydroxylation is 1. The van der Waals surface area contributed by atoms with E-state index in [4.69, 9.17) is 0 Å². The van der Waals surface area contributed by atoms with Crippen LogP contribution in [0, 0.1) is 0 Å². The third kappa shape index (κ3) is 2.09. The molecule has 1 atom stereocenters. The van der Waals surface area contributed by atoms with E-state index in [2.05, 4.69) is 43.8 Å². The summed E-state index contributed by atoms with van der Waals surface area (Å²) < 4.78 is 2.19. The molecule has 2 heteroatoms. The SMILES string of the molecule is CCC(C)c1cccn1C.O. The molecule has 0 aliphatic heterocycles. The molecular weight excluding hydrogens is 138 g/mol. The largest absolute Gasteiger partial charge is 0.412 e. The number of hydrogen-bond acceptors (Lipinski definition) is 0. The van der Waals surface area contributed by atoms with E-state index >= 15 is 0 Å². The lowest BCUT2D eigenvalue weighted by atomic mass is 10.1. The standard InChI is InChI=1S/C9H15N.H2O/c1-4-8(2)9-6-5-7-10(9)3;/h5-8H,4H2,1-3H3;1H2. The van der Waals surface area contributed by atoms with Crippen LogP contribution in [0.15, 0.2) is 18.3 Å². The summed E-state index contributed by atoms with van der Waals surface area (Å²) in [5, 5.41) is 0. The number of rotatable bonds is 2. The van der Waals surface area contributed by atoms with E-state index < -0.39 is 0 Å². The zero-order valence-electron chi connectivity index (χ0n) is 7.46. The predicted molar refractivity (Wildman–Crippen MR) is 47.7 cm³/mol. The van der Waals surface area contributed by atoms with E-state index in [1.165, 1.54) is 12.1 Å². The molecule has 11 heavy (non-hydrogen) atoms. The Morgan fingerprint density at radius 2 is 2.18 bits per heavy atom. The highest BCUT2D eigenvalue weighted by Crippen LogP contribution is 2.17. The Morgan fingerprint density at radius 3 is 2.55 bits per heavy atom. The molecule has 1 rings (SSSR count). The molecule has 0 aliphatic carbocycles. The van der Waals surface area contributed by atoms with Crippen LogP contribution in [0.4, 0.5) is 0 Å². The lowest BCUT2D eigenvalue weighted by Gasteiger charge is -2.08. The summed E-state index contributed by atoms with van der Waals surface area (Å²) in [6.45, 7) is 4.48. The first-order valence-electron chi connectivity index (χ1n) is 3.87. The van der Waals surface area contributed by atoms with Crippen LogP contribution < -0.4 is 0 Å². The van der Waals surface area contributed by atoms with Gasteiger partial charge < -0.3 is 10.0 Å². The Morgan fingerprint density at radius 1 is 1.55 bits per heavy atom. The van der Waals surface area contributed by atoms with E-state index in [1.807, 2.05) is 0 Å². The molecule has 0 bridgehead atoms. The smallest absolute Gasteiger partial charge is 0.0199 e. The minimum absolute atomic E-state index is 0. The molecule has 0 radical (unpaired) electrons. The van der Waals surface area contributed by atoms with Crippen molar-refractivity contribution in [3.8, 4) is 0 Å². The van der Waals surface area contributed by atoms with Gasteiger partial charge in [0.05, 0.1) is 0 Å². The van der Waals surface area contributed by atoms with Crippen molar-refractivity contribution >= 4 is 0 Å². The fraction of sp³-hybridized carbons (Fsp3) is 0.556. The maximum atomic E-state index is 2.26. The first-order valence-corrected chi connectivity index (χ1v) is 3.87. The van der Waals surface area contributed by atoms with Gasteiger partial charge in [0.2, 0.25) is 0 Å². The average Bonchev–Trinajstić information content (AvgIpc) is 2.34. The Labute approximate surface area is 68.2 Å². The maximum absolute atomic E-state index is 2.26. The molecule has 1 aromatic heterocycles. The maximum Gasteiger partial charge on any atom is 0.0199 e. The second-order valence-electron chi connectivity index (χ2n) is 2.85. The summed E-state index contributed by atoms with van der Waals surface area (Å²) in [6.07, 6.45) is 3.32. The van der Waals surface area contributed by atoms with E-state index in [1.54, 1.807) is 0 Å². The van der Waals surface area contributed by atoms with Gasteiger partial charge >= 0.3 is 0 Å². The van der Waals surface area contributed by atoms with Crippen molar-refractivity contribution in [2.75, 3.05) is 0 Å². The van der Waals surface area contributed by atoms with Crippen molar-refractivity contribution in [2.45, 2.75) is 26.2 Å². The molecule has 1 heterocycles. The van der Waals surface area contributed by atoms with E-state index in [9.17, 15) is 0 Å². The van der Waals surface area contributed by atoms with Crippen LogP contribution >= 0.6 is 0 Å². The van der Waals surface area contributed by atoms with E-state index in [0.717, 1.165) is 0 Å². The summed E-state index contributed by atoms with van der Waals surface area (Å²) in [6, 6.07) is 4.29. The van der Waals surface area contributed by atoms with E-state index in [0.29, 0.717) is 5.92 Å². The minimum atomic E-state index is 0.